The summed E-state index contributed by atoms with van der Waals surface area (Å²) in [5.74, 6) is 0.144. The van der Waals surface area contributed by atoms with Gasteiger partial charge in [-0.25, -0.2) is 14.4 Å². The molecule has 17 heavy (non-hydrogen) atoms. The van der Waals surface area contributed by atoms with Crippen molar-refractivity contribution in [3.8, 4) is 5.75 Å². The van der Waals surface area contributed by atoms with Crippen molar-refractivity contribution in [3.63, 3.8) is 0 Å². The van der Waals surface area contributed by atoms with E-state index >= 15 is 0 Å². The van der Waals surface area contributed by atoms with Crippen LogP contribution in [0.4, 0.5) is 4.39 Å². The lowest BCUT2D eigenvalue weighted by Crippen LogP contribution is -1.92. The highest BCUT2D eigenvalue weighted by Crippen LogP contribution is 2.36. The van der Waals surface area contributed by atoms with Crippen molar-refractivity contribution < 1.29 is 9.13 Å². The van der Waals surface area contributed by atoms with Gasteiger partial charge in [-0.1, -0.05) is 23.4 Å². The lowest BCUT2D eigenvalue weighted by Gasteiger charge is -2.07. The first-order chi connectivity index (χ1) is 8.20. The predicted octanol–water partition coefficient (Wildman–Crippen LogP) is 3.43. The van der Waals surface area contributed by atoms with Gasteiger partial charge in [0.15, 0.2) is 10.9 Å². The van der Waals surface area contributed by atoms with Crippen molar-refractivity contribution in [1.29, 1.82) is 0 Å². The fourth-order valence-electron chi connectivity index (χ4n) is 1.20. The zero-order valence-electron chi connectivity index (χ0n) is 8.85. The van der Waals surface area contributed by atoms with E-state index in [1.807, 2.05) is 0 Å². The summed E-state index contributed by atoms with van der Waals surface area (Å²) in [5.41, 5.74) is 0. The molecule has 0 unspecified atom stereocenters. The lowest BCUT2D eigenvalue weighted by atomic mass is 10.4. The molecule has 0 saturated carbocycles. The molecule has 3 nitrogen and oxygen atoms in total. The number of nitrogens with zero attached hydrogens (tertiary/aromatic N) is 2. The normalized spacial score (nSPS) is 10.3. The fourth-order valence-corrected chi connectivity index (χ4v) is 2.33. The molecule has 2 rings (SSSR count). The van der Waals surface area contributed by atoms with Gasteiger partial charge in [-0.3, -0.25) is 0 Å². The zero-order chi connectivity index (χ0) is 12.3. The Hall–Kier alpha value is -1.33. The van der Waals surface area contributed by atoms with Crippen LogP contribution in [-0.4, -0.2) is 17.1 Å². The Morgan fingerprint density at radius 2 is 1.94 bits per heavy atom. The SMILES string of the molecule is COc1c(Cl)ncnc1Sc1ccc(F)cc1. The highest BCUT2D eigenvalue weighted by molar-refractivity contribution is 7.99. The maximum absolute atomic E-state index is 12.8. The van der Waals surface area contributed by atoms with Gasteiger partial charge >= 0.3 is 0 Å². The Morgan fingerprint density at radius 1 is 1.24 bits per heavy atom. The summed E-state index contributed by atoms with van der Waals surface area (Å²) >= 11 is 7.21. The third-order valence-electron chi connectivity index (χ3n) is 1.96. The molecule has 1 heterocycles. The lowest BCUT2D eigenvalue weighted by molar-refractivity contribution is 0.398. The Bertz CT molecular complexity index is 521. The van der Waals surface area contributed by atoms with Crippen molar-refractivity contribution >= 4 is 23.4 Å². The molecule has 0 spiro atoms. The molecule has 0 bridgehead atoms. The van der Waals surface area contributed by atoms with Gasteiger partial charge in [-0.15, -0.1) is 0 Å². The standard InChI is InChI=1S/C11H8ClFN2OS/c1-16-9-10(12)14-6-15-11(9)17-8-4-2-7(13)3-5-8/h2-6H,1H3. The van der Waals surface area contributed by atoms with E-state index in [1.54, 1.807) is 12.1 Å². The van der Waals surface area contributed by atoms with E-state index in [4.69, 9.17) is 16.3 Å². The topological polar surface area (TPSA) is 35.0 Å². The van der Waals surface area contributed by atoms with Crippen molar-refractivity contribution in [2.75, 3.05) is 7.11 Å². The van der Waals surface area contributed by atoms with Gasteiger partial charge in [-0.2, -0.15) is 0 Å². The second kappa shape index (κ2) is 5.33. The smallest absolute Gasteiger partial charge is 0.188 e. The van der Waals surface area contributed by atoms with Crippen LogP contribution in [0.5, 0.6) is 5.75 Å². The van der Waals surface area contributed by atoms with Gasteiger partial charge in [0.25, 0.3) is 0 Å². The van der Waals surface area contributed by atoms with Crippen LogP contribution in [0.3, 0.4) is 0 Å². The first-order valence-corrected chi connectivity index (χ1v) is 5.88. The van der Waals surface area contributed by atoms with Crippen molar-refractivity contribution in [2.45, 2.75) is 9.92 Å². The van der Waals surface area contributed by atoms with Crippen LogP contribution in [0.25, 0.3) is 0 Å². The van der Waals surface area contributed by atoms with Crippen LogP contribution in [-0.2, 0) is 0 Å². The van der Waals surface area contributed by atoms with Gasteiger partial charge in [-0.05, 0) is 24.3 Å². The number of benzene rings is 1. The molecule has 0 aliphatic heterocycles. The third-order valence-corrected chi connectivity index (χ3v) is 3.22. The van der Waals surface area contributed by atoms with Crippen molar-refractivity contribution in [1.82, 2.24) is 9.97 Å². The van der Waals surface area contributed by atoms with Gasteiger partial charge in [0.2, 0.25) is 0 Å². The Labute approximate surface area is 107 Å². The summed E-state index contributed by atoms with van der Waals surface area (Å²) in [5, 5.41) is 0.853. The predicted molar refractivity (Wildman–Crippen MR) is 64.1 cm³/mol. The molecule has 0 saturated heterocycles. The highest BCUT2D eigenvalue weighted by Gasteiger charge is 2.11. The quantitative estimate of drug-likeness (QED) is 0.801. The Kier molecular flexibility index (Phi) is 3.81. The van der Waals surface area contributed by atoms with Crippen LogP contribution in [0, 0.1) is 5.82 Å². The average molecular weight is 271 g/mol. The largest absolute Gasteiger partial charge is 0.491 e. The molecule has 88 valence electrons. The average Bonchev–Trinajstić information content (AvgIpc) is 2.32. The van der Waals surface area contributed by atoms with Gasteiger partial charge in [0.1, 0.15) is 17.2 Å². The van der Waals surface area contributed by atoms with E-state index in [0.29, 0.717) is 10.8 Å². The zero-order valence-corrected chi connectivity index (χ0v) is 10.4. The number of aromatic nitrogens is 2. The molecule has 0 atom stereocenters. The molecule has 2 aromatic rings. The van der Waals surface area contributed by atoms with Gasteiger partial charge in [0.05, 0.1) is 7.11 Å². The molecule has 1 aromatic heterocycles. The van der Waals surface area contributed by atoms with E-state index in [-0.39, 0.29) is 11.0 Å². The molecule has 0 radical (unpaired) electrons. The second-order valence-electron chi connectivity index (χ2n) is 3.06. The Morgan fingerprint density at radius 3 is 2.59 bits per heavy atom. The van der Waals surface area contributed by atoms with E-state index in [0.717, 1.165) is 4.90 Å². The van der Waals surface area contributed by atoms with Crippen LogP contribution in [0.15, 0.2) is 40.5 Å². The number of ether oxygens (including phenoxy) is 1. The van der Waals surface area contributed by atoms with E-state index in [2.05, 4.69) is 9.97 Å². The summed E-state index contributed by atoms with van der Waals surface area (Å²) in [4.78, 5) is 8.75. The van der Waals surface area contributed by atoms with Crippen molar-refractivity contribution in [3.05, 3.63) is 41.6 Å². The Balaban J connectivity index is 2.29. The molecule has 0 amide bonds. The summed E-state index contributed by atoms with van der Waals surface area (Å²) in [6.07, 6.45) is 1.36. The summed E-state index contributed by atoms with van der Waals surface area (Å²) in [6, 6.07) is 6.10. The molecule has 0 aliphatic rings. The molecule has 0 N–H and O–H groups in total. The molecular weight excluding hydrogens is 263 g/mol. The van der Waals surface area contributed by atoms with Gasteiger partial charge in [0, 0.05) is 4.90 Å². The summed E-state index contributed by atoms with van der Waals surface area (Å²) in [6.45, 7) is 0. The van der Waals surface area contributed by atoms with E-state index in [1.165, 1.54) is 37.3 Å². The van der Waals surface area contributed by atoms with Crippen LogP contribution in [0.2, 0.25) is 5.15 Å². The number of rotatable bonds is 3. The summed E-state index contributed by atoms with van der Waals surface area (Å²) < 4.78 is 17.9. The molecule has 1 aromatic carbocycles. The monoisotopic (exact) mass is 270 g/mol. The van der Waals surface area contributed by atoms with E-state index in [9.17, 15) is 4.39 Å². The number of hydrogen-bond donors (Lipinski definition) is 0. The van der Waals surface area contributed by atoms with E-state index < -0.39 is 0 Å². The van der Waals surface area contributed by atoms with Gasteiger partial charge < -0.3 is 4.74 Å². The second-order valence-corrected chi connectivity index (χ2v) is 4.48. The molecule has 0 aliphatic carbocycles. The molecular formula is C11H8ClFN2OS. The fraction of sp³-hybridized carbons (Fsp3) is 0.0909. The van der Waals surface area contributed by atoms with Crippen LogP contribution < -0.4 is 4.74 Å². The molecule has 6 heteroatoms. The molecule has 0 fully saturated rings. The summed E-state index contributed by atoms with van der Waals surface area (Å²) in [7, 11) is 1.50. The number of halogens is 2. The first kappa shape index (κ1) is 12.1. The van der Waals surface area contributed by atoms with Crippen LogP contribution >= 0.6 is 23.4 Å². The third kappa shape index (κ3) is 2.87. The minimum absolute atomic E-state index is 0.257. The van der Waals surface area contributed by atoms with Crippen LogP contribution in [0.1, 0.15) is 0 Å². The minimum atomic E-state index is -0.276. The first-order valence-electron chi connectivity index (χ1n) is 4.68. The maximum Gasteiger partial charge on any atom is 0.188 e. The van der Waals surface area contributed by atoms with Crippen molar-refractivity contribution in [2.24, 2.45) is 0 Å². The highest BCUT2D eigenvalue weighted by atomic mass is 35.5. The number of hydrogen-bond acceptors (Lipinski definition) is 4. The minimum Gasteiger partial charge on any atom is -0.491 e. The maximum atomic E-state index is 12.8. The number of methoxy groups -OCH3 is 1.